The fourth-order valence-corrected chi connectivity index (χ4v) is 3.23. The normalized spacial score (nSPS) is 15.3. The summed E-state index contributed by atoms with van der Waals surface area (Å²) in [5.74, 6) is 0.488. The minimum Gasteiger partial charge on any atom is -0.494 e. The van der Waals surface area contributed by atoms with Gasteiger partial charge < -0.3 is 19.7 Å². The zero-order chi connectivity index (χ0) is 21.7. The van der Waals surface area contributed by atoms with Crippen LogP contribution in [0.3, 0.4) is 0 Å². The Bertz CT molecular complexity index is 832. The first kappa shape index (κ1) is 21.8. The maximum Gasteiger partial charge on any atom is 0.397 e. The molecule has 0 aliphatic carbocycles. The number of alkyl halides is 3. The SMILES string of the molecule is CCOc1ccc(N2CC(Oc3ccc([C@H](C)NC(=O)CC(F)(F)F)cc3)C2)cc1. The number of benzene rings is 2. The van der Waals surface area contributed by atoms with Crippen LogP contribution in [-0.4, -0.2) is 37.9 Å². The molecule has 2 aromatic rings. The maximum absolute atomic E-state index is 12.3. The van der Waals surface area contributed by atoms with E-state index in [2.05, 4.69) is 10.2 Å². The Morgan fingerprint density at radius 1 is 1.10 bits per heavy atom. The largest absolute Gasteiger partial charge is 0.494 e. The predicted molar refractivity (Wildman–Crippen MR) is 108 cm³/mol. The molecule has 0 spiro atoms. The van der Waals surface area contributed by atoms with E-state index in [0.29, 0.717) is 17.9 Å². The molecule has 1 N–H and O–H groups in total. The molecule has 0 saturated carbocycles. The first-order valence-electron chi connectivity index (χ1n) is 9.84. The van der Waals surface area contributed by atoms with E-state index in [1.165, 1.54) is 0 Å². The molecule has 1 atom stereocenters. The fraction of sp³-hybridized carbons (Fsp3) is 0.409. The van der Waals surface area contributed by atoms with Gasteiger partial charge in [0.25, 0.3) is 0 Å². The number of ether oxygens (including phenoxy) is 2. The molecule has 3 rings (SSSR count). The summed E-state index contributed by atoms with van der Waals surface area (Å²) < 4.78 is 48.2. The van der Waals surface area contributed by atoms with Crippen molar-refractivity contribution < 1.29 is 27.4 Å². The maximum atomic E-state index is 12.3. The number of nitrogens with one attached hydrogen (secondary N) is 1. The van der Waals surface area contributed by atoms with E-state index in [1.807, 2.05) is 31.2 Å². The van der Waals surface area contributed by atoms with Gasteiger partial charge >= 0.3 is 6.18 Å². The number of carbonyl (C=O) groups excluding carboxylic acids is 1. The highest BCUT2D eigenvalue weighted by Gasteiger charge is 2.32. The van der Waals surface area contributed by atoms with Crippen molar-refractivity contribution >= 4 is 11.6 Å². The van der Waals surface area contributed by atoms with Crippen molar-refractivity contribution in [3.05, 3.63) is 54.1 Å². The lowest BCUT2D eigenvalue weighted by molar-refractivity contribution is -0.154. The first-order valence-corrected chi connectivity index (χ1v) is 9.84. The van der Waals surface area contributed by atoms with Gasteiger partial charge in [0.1, 0.15) is 24.0 Å². The highest BCUT2D eigenvalue weighted by molar-refractivity contribution is 5.77. The zero-order valence-electron chi connectivity index (χ0n) is 16.9. The quantitative estimate of drug-likeness (QED) is 0.682. The van der Waals surface area contributed by atoms with E-state index in [4.69, 9.17) is 9.47 Å². The molecule has 5 nitrogen and oxygen atoms in total. The summed E-state index contributed by atoms with van der Waals surface area (Å²) in [6, 6.07) is 14.4. The Morgan fingerprint density at radius 2 is 1.70 bits per heavy atom. The smallest absolute Gasteiger partial charge is 0.397 e. The Balaban J connectivity index is 1.45. The van der Waals surface area contributed by atoms with Crippen molar-refractivity contribution in [1.29, 1.82) is 0 Å². The zero-order valence-corrected chi connectivity index (χ0v) is 16.9. The topological polar surface area (TPSA) is 50.8 Å². The van der Waals surface area contributed by atoms with E-state index in [1.54, 1.807) is 31.2 Å². The Morgan fingerprint density at radius 3 is 2.27 bits per heavy atom. The van der Waals surface area contributed by atoms with Gasteiger partial charge in [0, 0.05) is 5.69 Å². The molecule has 1 aliphatic heterocycles. The molecule has 0 aromatic heterocycles. The van der Waals surface area contributed by atoms with Crippen molar-refractivity contribution in [2.45, 2.75) is 38.6 Å². The third kappa shape index (κ3) is 6.05. The minimum absolute atomic E-state index is 0.0614. The van der Waals surface area contributed by atoms with Crippen LogP contribution in [0.4, 0.5) is 18.9 Å². The molecule has 1 heterocycles. The molecular formula is C22H25F3N2O3. The van der Waals surface area contributed by atoms with Crippen molar-refractivity contribution in [3.63, 3.8) is 0 Å². The lowest BCUT2D eigenvalue weighted by atomic mass is 10.1. The second kappa shape index (κ2) is 9.28. The summed E-state index contributed by atoms with van der Waals surface area (Å²) in [7, 11) is 0. The predicted octanol–water partition coefficient (Wildman–Crippen LogP) is 4.48. The third-order valence-electron chi connectivity index (χ3n) is 4.78. The number of rotatable bonds is 8. The van der Waals surface area contributed by atoms with Crippen molar-refractivity contribution in [3.8, 4) is 11.5 Å². The van der Waals surface area contributed by atoms with Gasteiger partial charge in [-0.25, -0.2) is 0 Å². The van der Waals surface area contributed by atoms with Crippen LogP contribution in [0.5, 0.6) is 11.5 Å². The van der Waals surface area contributed by atoms with Crippen molar-refractivity contribution in [1.82, 2.24) is 5.32 Å². The molecule has 1 aliphatic rings. The fourth-order valence-electron chi connectivity index (χ4n) is 3.23. The lowest BCUT2D eigenvalue weighted by Gasteiger charge is -2.40. The van der Waals surface area contributed by atoms with Gasteiger partial charge in [-0.2, -0.15) is 13.2 Å². The number of amides is 1. The molecule has 1 saturated heterocycles. The van der Waals surface area contributed by atoms with Gasteiger partial charge in [0.2, 0.25) is 5.91 Å². The molecule has 2 aromatic carbocycles. The first-order chi connectivity index (χ1) is 14.2. The molecule has 0 bridgehead atoms. The Labute approximate surface area is 173 Å². The van der Waals surface area contributed by atoms with Gasteiger partial charge in [0.15, 0.2) is 0 Å². The summed E-state index contributed by atoms with van der Waals surface area (Å²) in [5.41, 5.74) is 1.82. The van der Waals surface area contributed by atoms with E-state index < -0.39 is 24.5 Å². The molecule has 0 radical (unpaired) electrons. The van der Waals surface area contributed by atoms with Crippen LogP contribution in [0.25, 0.3) is 0 Å². The van der Waals surface area contributed by atoms with Crippen molar-refractivity contribution in [2.24, 2.45) is 0 Å². The summed E-state index contributed by atoms with van der Waals surface area (Å²) in [6.45, 7) is 5.75. The van der Waals surface area contributed by atoms with Crippen LogP contribution in [-0.2, 0) is 4.79 Å². The van der Waals surface area contributed by atoms with Gasteiger partial charge in [-0.15, -0.1) is 0 Å². The Hall–Kier alpha value is -2.90. The van der Waals surface area contributed by atoms with E-state index in [-0.39, 0.29) is 6.10 Å². The van der Waals surface area contributed by atoms with Gasteiger partial charge in [-0.1, -0.05) is 12.1 Å². The molecule has 1 amide bonds. The number of hydrogen-bond acceptors (Lipinski definition) is 4. The number of carbonyl (C=O) groups is 1. The highest BCUT2D eigenvalue weighted by Crippen LogP contribution is 2.27. The second-order valence-electron chi connectivity index (χ2n) is 7.22. The van der Waals surface area contributed by atoms with Crippen LogP contribution >= 0.6 is 0 Å². The number of hydrogen-bond donors (Lipinski definition) is 1. The van der Waals surface area contributed by atoms with Crippen LogP contribution in [0, 0.1) is 0 Å². The van der Waals surface area contributed by atoms with E-state index in [9.17, 15) is 18.0 Å². The summed E-state index contributed by atoms with van der Waals surface area (Å²) in [5, 5.41) is 2.36. The highest BCUT2D eigenvalue weighted by atomic mass is 19.4. The average Bonchev–Trinajstić information content (AvgIpc) is 2.64. The number of anilines is 1. The number of halogens is 3. The van der Waals surface area contributed by atoms with E-state index in [0.717, 1.165) is 24.5 Å². The van der Waals surface area contributed by atoms with Gasteiger partial charge in [-0.3, -0.25) is 4.79 Å². The monoisotopic (exact) mass is 422 g/mol. The number of nitrogens with zero attached hydrogens (tertiary/aromatic N) is 1. The molecule has 0 unspecified atom stereocenters. The second-order valence-corrected chi connectivity index (χ2v) is 7.22. The summed E-state index contributed by atoms with van der Waals surface area (Å²) in [4.78, 5) is 13.6. The van der Waals surface area contributed by atoms with Crippen LogP contribution < -0.4 is 19.7 Å². The molecule has 30 heavy (non-hydrogen) atoms. The molecule has 1 fully saturated rings. The Kier molecular flexibility index (Phi) is 6.74. The van der Waals surface area contributed by atoms with Crippen LogP contribution in [0.1, 0.15) is 31.9 Å². The van der Waals surface area contributed by atoms with Gasteiger partial charge in [0.05, 0.1) is 25.7 Å². The van der Waals surface area contributed by atoms with Crippen molar-refractivity contribution in [2.75, 3.05) is 24.6 Å². The minimum atomic E-state index is -4.51. The third-order valence-corrected chi connectivity index (χ3v) is 4.78. The average molecular weight is 422 g/mol. The summed E-state index contributed by atoms with van der Waals surface area (Å²) in [6.07, 6.45) is -5.93. The summed E-state index contributed by atoms with van der Waals surface area (Å²) >= 11 is 0. The molecule has 8 heteroatoms. The van der Waals surface area contributed by atoms with E-state index >= 15 is 0 Å². The van der Waals surface area contributed by atoms with Crippen LogP contribution in [0.2, 0.25) is 0 Å². The van der Waals surface area contributed by atoms with Crippen LogP contribution in [0.15, 0.2) is 48.5 Å². The lowest BCUT2D eigenvalue weighted by Crippen LogP contribution is -2.54. The van der Waals surface area contributed by atoms with Gasteiger partial charge in [-0.05, 0) is 55.8 Å². The molecular weight excluding hydrogens is 397 g/mol. The standard InChI is InChI=1S/C22H25F3N2O3/c1-3-29-18-10-6-17(7-11-18)27-13-20(14-27)30-19-8-4-16(5-9-19)15(2)26-21(28)12-22(23,24)25/h4-11,15,20H,3,12-14H2,1-2H3,(H,26,28)/t15-/m0/s1. The molecule has 162 valence electrons.